The molecular formula is C14H19NO4S. The van der Waals surface area contributed by atoms with E-state index < -0.39 is 10.0 Å². The van der Waals surface area contributed by atoms with Gasteiger partial charge in [-0.15, -0.1) is 0 Å². The number of sulfonamides is 1. The molecule has 0 atom stereocenters. The minimum atomic E-state index is -3.14. The molecule has 1 heterocycles. The summed E-state index contributed by atoms with van der Waals surface area (Å²) in [6.45, 7) is 0.844. The second-order valence-electron chi connectivity index (χ2n) is 5.03. The first-order valence-corrected chi connectivity index (χ1v) is 8.40. The van der Waals surface area contributed by atoms with E-state index in [1.807, 2.05) is 0 Å². The highest BCUT2D eigenvalue weighted by Crippen LogP contribution is 2.24. The van der Waals surface area contributed by atoms with Crippen LogP contribution in [0.1, 0.15) is 23.2 Å². The Kier molecular flexibility index (Phi) is 4.45. The number of piperidine rings is 1. The summed E-state index contributed by atoms with van der Waals surface area (Å²) in [6.07, 6.45) is 2.37. The smallest absolute Gasteiger partial charge is 0.211 e. The van der Waals surface area contributed by atoms with Gasteiger partial charge in [0, 0.05) is 24.6 Å². The van der Waals surface area contributed by atoms with E-state index in [0.29, 0.717) is 37.2 Å². The number of hydrogen-bond donors (Lipinski definition) is 0. The summed E-state index contributed by atoms with van der Waals surface area (Å²) in [5, 5.41) is 0. The van der Waals surface area contributed by atoms with Gasteiger partial charge in [-0.3, -0.25) is 4.79 Å². The minimum absolute atomic E-state index is 0.0841. The molecule has 0 bridgehead atoms. The topological polar surface area (TPSA) is 63.7 Å². The van der Waals surface area contributed by atoms with E-state index in [1.54, 1.807) is 31.4 Å². The summed E-state index contributed by atoms with van der Waals surface area (Å²) in [5.41, 5.74) is 0.656. The van der Waals surface area contributed by atoms with E-state index in [9.17, 15) is 13.2 Å². The van der Waals surface area contributed by atoms with Gasteiger partial charge in [0.2, 0.25) is 10.0 Å². The van der Waals surface area contributed by atoms with E-state index >= 15 is 0 Å². The van der Waals surface area contributed by atoms with Crippen molar-refractivity contribution in [2.24, 2.45) is 5.92 Å². The van der Waals surface area contributed by atoms with Crippen molar-refractivity contribution in [3.05, 3.63) is 29.8 Å². The first kappa shape index (κ1) is 15.0. The number of carbonyl (C=O) groups excluding carboxylic acids is 1. The molecule has 110 valence electrons. The molecule has 5 nitrogen and oxygen atoms in total. The summed E-state index contributed by atoms with van der Waals surface area (Å²) in [5.74, 6) is 0.704. The Hall–Kier alpha value is -1.40. The molecule has 0 N–H and O–H groups in total. The Morgan fingerprint density at radius 2 is 1.75 bits per heavy atom. The first-order chi connectivity index (χ1) is 9.41. The Morgan fingerprint density at radius 1 is 1.20 bits per heavy atom. The lowest BCUT2D eigenvalue weighted by atomic mass is 9.89. The SMILES string of the molecule is COc1ccc(C(=O)C2CCN(S(C)(=O)=O)CC2)cc1. The molecule has 1 aromatic rings. The third-order valence-corrected chi connectivity index (χ3v) is 4.97. The van der Waals surface area contributed by atoms with Gasteiger partial charge in [0.25, 0.3) is 0 Å². The van der Waals surface area contributed by atoms with Crippen LogP contribution in [0.3, 0.4) is 0 Å². The average molecular weight is 297 g/mol. The van der Waals surface area contributed by atoms with Crippen molar-refractivity contribution in [2.75, 3.05) is 26.5 Å². The molecule has 1 fully saturated rings. The van der Waals surface area contributed by atoms with E-state index in [2.05, 4.69) is 0 Å². The van der Waals surface area contributed by atoms with Crippen LogP contribution < -0.4 is 4.74 Å². The highest BCUT2D eigenvalue weighted by molar-refractivity contribution is 7.88. The van der Waals surface area contributed by atoms with Crippen LogP contribution in [0.4, 0.5) is 0 Å². The molecule has 20 heavy (non-hydrogen) atoms. The monoisotopic (exact) mass is 297 g/mol. The van der Waals surface area contributed by atoms with Crippen molar-refractivity contribution in [2.45, 2.75) is 12.8 Å². The van der Waals surface area contributed by atoms with Crippen molar-refractivity contribution in [3.63, 3.8) is 0 Å². The fraction of sp³-hybridized carbons (Fsp3) is 0.500. The quantitative estimate of drug-likeness (QED) is 0.791. The number of ether oxygens (including phenoxy) is 1. The van der Waals surface area contributed by atoms with Crippen molar-refractivity contribution in [1.82, 2.24) is 4.31 Å². The van der Waals surface area contributed by atoms with Crippen molar-refractivity contribution >= 4 is 15.8 Å². The molecule has 1 aliphatic rings. The average Bonchev–Trinajstić information content (AvgIpc) is 2.46. The number of rotatable bonds is 4. The Morgan fingerprint density at radius 3 is 2.20 bits per heavy atom. The van der Waals surface area contributed by atoms with Crippen LogP contribution in [0.2, 0.25) is 0 Å². The Labute approximate surface area is 119 Å². The van der Waals surface area contributed by atoms with Gasteiger partial charge in [-0.2, -0.15) is 0 Å². The second kappa shape index (κ2) is 5.93. The normalized spacial score (nSPS) is 17.9. The predicted octanol–water partition coefficient (Wildman–Crippen LogP) is 1.55. The summed E-state index contributed by atoms with van der Waals surface area (Å²) < 4.78 is 29.4. The lowest BCUT2D eigenvalue weighted by Crippen LogP contribution is -2.39. The minimum Gasteiger partial charge on any atom is -0.497 e. The Balaban J connectivity index is 2.01. The molecule has 1 saturated heterocycles. The number of carbonyl (C=O) groups is 1. The van der Waals surface area contributed by atoms with Gasteiger partial charge >= 0.3 is 0 Å². The van der Waals surface area contributed by atoms with Crippen LogP contribution in [0.25, 0.3) is 0 Å². The molecule has 2 rings (SSSR count). The lowest BCUT2D eigenvalue weighted by Gasteiger charge is -2.29. The van der Waals surface area contributed by atoms with Gasteiger partial charge in [0.05, 0.1) is 13.4 Å². The molecule has 0 aliphatic carbocycles. The van der Waals surface area contributed by atoms with Gasteiger partial charge in [-0.25, -0.2) is 12.7 Å². The summed E-state index contributed by atoms with van der Waals surface area (Å²) in [6, 6.07) is 7.03. The number of hydrogen-bond acceptors (Lipinski definition) is 4. The number of methoxy groups -OCH3 is 1. The van der Waals surface area contributed by atoms with Crippen LogP contribution >= 0.6 is 0 Å². The van der Waals surface area contributed by atoms with E-state index in [1.165, 1.54) is 10.6 Å². The van der Waals surface area contributed by atoms with E-state index in [0.717, 1.165) is 0 Å². The van der Waals surface area contributed by atoms with Gasteiger partial charge in [0.15, 0.2) is 5.78 Å². The van der Waals surface area contributed by atoms with Gasteiger partial charge < -0.3 is 4.74 Å². The maximum atomic E-state index is 12.3. The first-order valence-electron chi connectivity index (χ1n) is 6.55. The molecular weight excluding hydrogens is 278 g/mol. The molecule has 1 aromatic carbocycles. The lowest BCUT2D eigenvalue weighted by molar-refractivity contribution is 0.0875. The molecule has 0 amide bonds. The highest BCUT2D eigenvalue weighted by atomic mass is 32.2. The Bertz CT molecular complexity index is 572. The molecule has 0 radical (unpaired) electrons. The maximum absolute atomic E-state index is 12.3. The zero-order valence-corrected chi connectivity index (χ0v) is 12.5. The summed E-state index contributed by atoms with van der Waals surface area (Å²) >= 11 is 0. The zero-order chi connectivity index (χ0) is 14.8. The third kappa shape index (κ3) is 3.37. The summed E-state index contributed by atoms with van der Waals surface area (Å²) in [7, 11) is -1.56. The predicted molar refractivity (Wildman–Crippen MR) is 76.5 cm³/mol. The molecule has 0 spiro atoms. The van der Waals surface area contributed by atoms with E-state index in [-0.39, 0.29) is 11.7 Å². The van der Waals surface area contributed by atoms with Crippen molar-refractivity contribution < 1.29 is 17.9 Å². The highest BCUT2D eigenvalue weighted by Gasteiger charge is 2.29. The number of benzene rings is 1. The van der Waals surface area contributed by atoms with Crippen LogP contribution in [-0.2, 0) is 10.0 Å². The van der Waals surface area contributed by atoms with Gasteiger partial charge in [-0.05, 0) is 37.1 Å². The maximum Gasteiger partial charge on any atom is 0.211 e. The van der Waals surface area contributed by atoms with Crippen molar-refractivity contribution in [1.29, 1.82) is 0 Å². The fourth-order valence-corrected chi connectivity index (χ4v) is 3.31. The van der Waals surface area contributed by atoms with Gasteiger partial charge in [-0.1, -0.05) is 0 Å². The second-order valence-corrected chi connectivity index (χ2v) is 7.01. The summed E-state index contributed by atoms with van der Waals surface area (Å²) in [4.78, 5) is 12.3. The van der Waals surface area contributed by atoms with Gasteiger partial charge in [0.1, 0.15) is 5.75 Å². The number of ketones is 1. The van der Waals surface area contributed by atoms with Crippen LogP contribution in [0.15, 0.2) is 24.3 Å². The molecule has 6 heteroatoms. The van der Waals surface area contributed by atoms with Crippen molar-refractivity contribution in [3.8, 4) is 5.75 Å². The number of Topliss-reactive ketones (excluding diaryl/α,β-unsaturated/α-hetero) is 1. The van der Waals surface area contributed by atoms with Crippen LogP contribution in [0.5, 0.6) is 5.75 Å². The third-order valence-electron chi connectivity index (χ3n) is 3.67. The van der Waals surface area contributed by atoms with Crippen LogP contribution in [-0.4, -0.2) is 45.0 Å². The largest absolute Gasteiger partial charge is 0.497 e. The standard InChI is InChI=1S/C14H19NO4S/c1-19-13-5-3-11(4-6-13)14(16)12-7-9-15(10-8-12)20(2,17)18/h3-6,12H,7-10H2,1-2H3. The van der Waals surface area contributed by atoms with E-state index in [4.69, 9.17) is 4.74 Å². The zero-order valence-electron chi connectivity index (χ0n) is 11.7. The molecule has 0 aromatic heterocycles. The molecule has 0 unspecified atom stereocenters. The fourth-order valence-electron chi connectivity index (χ4n) is 2.44. The number of nitrogens with zero attached hydrogens (tertiary/aromatic N) is 1. The molecule has 0 saturated carbocycles. The molecule has 1 aliphatic heterocycles. The van der Waals surface area contributed by atoms with Crippen LogP contribution in [0, 0.1) is 5.92 Å².